The van der Waals surface area contributed by atoms with Gasteiger partial charge in [0.25, 0.3) is 0 Å². The molecule has 3 heteroatoms. The van der Waals surface area contributed by atoms with Crippen LogP contribution in [-0.4, -0.2) is 25.7 Å². The monoisotopic (exact) mass is 233 g/mol. The van der Waals surface area contributed by atoms with Crippen LogP contribution in [0.1, 0.15) is 23.6 Å². The second-order valence-electron chi connectivity index (χ2n) is 4.66. The van der Waals surface area contributed by atoms with Crippen LogP contribution in [0.5, 0.6) is 0 Å². The highest BCUT2D eigenvalue weighted by Gasteiger charge is 2.20. The Labute approximate surface area is 102 Å². The molecule has 3 nitrogen and oxygen atoms in total. The number of carbonyl (C=O) groups excluding carboxylic acids is 1. The molecule has 0 aromatic heterocycles. The van der Waals surface area contributed by atoms with E-state index in [4.69, 9.17) is 4.74 Å². The summed E-state index contributed by atoms with van der Waals surface area (Å²) in [5.41, 5.74) is 5.42. The highest BCUT2D eigenvalue weighted by Crippen LogP contribution is 2.31. The average Bonchev–Trinajstić information content (AvgIpc) is 2.61. The zero-order chi connectivity index (χ0) is 12.4. The molecule has 0 bridgehead atoms. The first kappa shape index (κ1) is 12.0. The number of esters is 1. The molecule has 1 aliphatic heterocycles. The molecule has 0 unspecified atom stereocenters. The lowest BCUT2D eigenvalue weighted by Gasteiger charge is -2.19. The van der Waals surface area contributed by atoms with E-state index in [2.05, 4.69) is 30.9 Å². The van der Waals surface area contributed by atoms with E-state index in [1.807, 2.05) is 0 Å². The van der Waals surface area contributed by atoms with Crippen LogP contribution >= 0.6 is 0 Å². The van der Waals surface area contributed by atoms with Gasteiger partial charge in [0.1, 0.15) is 6.61 Å². The van der Waals surface area contributed by atoms with Gasteiger partial charge in [0.2, 0.25) is 0 Å². The normalized spacial score (nSPS) is 13.7. The third-order valence-electron chi connectivity index (χ3n) is 3.23. The molecule has 0 fully saturated rings. The summed E-state index contributed by atoms with van der Waals surface area (Å²) in [4.78, 5) is 13.0. The molecule has 0 radical (unpaired) electrons. The van der Waals surface area contributed by atoms with Crippen molar-refractivity contribution in [3.8, 4) is 0 Å². The zero-order valence-corrected chi connectivity index (χ0v) is 10.7. The third kappa shape index (κ3) is 2.60. The van der Waals surface area contributed by atoms with E-state index in [1.165, 1.54) is 29.3 Å². The van der Waals surface area contributed by atoms with Crippen LogP contribution < -0.4 is 4.90 Å². The maximum absolute atomic E-state index is 10.7. The number of benzene rings is 1. The van der Waals surface area contributed by atoms with Crippen LogP contribution in [0.2, 0.25) is 0 Å². The number of hydrogen-bond donors (Lipinski definition) is 0. The van der Waals surface area contributed by atoms with Gasteiger partial charge in [-0.1, -0.05) is 6.07 Å². The molecular formula is C14H19NO2. The molecule has 0 atom stereocenters. The van der Waals surface area contributed by atoms with Crippen molar-refractivity contribution >= 4 is 11.7 Å². The van der Waals surface area contributed by atoms with Crippen molar-refractivity contribution in [3.05, 3.63) is 28.8 Å². The molecule has 0 N–H and O–H groups in total. The summed E-state index contributed by atoms with van der Waals surface area (Å²) in [5.74, 6) is -0.204. The number of rotatable bonds is 3. The van der Waals surface area contributed by atoms with Crippen LogP contribution in [0.15, 0.2) is 12.1 Å². The number of aryl methyl sites for hydroxylation is 2. The summed E-state index contributed by atoms with van der Waals surface area (Å²) >= 11 is 0. The minimum Gasteiger partial charge on any atom is -0.464 e. The molecule has 1 aromatic carbocycles. The highest BCUT2D eigenvalue weighted by atomic mass is 16.5. The summed E-state index contributed by atoms with van der Waals surface area (Å²) in [7, 11) is 0. The van der Waals surface area contributed by atoms with Gasteiger partial charge in [-0.05, 0) is 43.0 Å². The Hall–Kier alpha value is -1.51. The van der Waals surface area contributed by atoms with Crippen molar-refractivity contribution in [2.45, 2.75) is 27.2 Å². The second-order valence-corrected chi connectivity index (χ2v) is 4.66. The predicted molar refractivity (Wildman–Crippen MR) is 68.5 cm³/mol. The lowest BCUT2D eigenvalue weighted by molar-refractivity contribution is -0.140. The van der Waals surface area contributed by atoms with Gasteiger partial charge in [-0.25, -0.2) is 0 Å². The van der Waals surface area contributed by atoms with Gasteiger partial charge < -0.3 is 9.64 Å². The standard InChI is InChI=1S/C14H19NO2/c1-10-8-11(2)13-4-5-15(14(13)9-10)6-7-17-12(3)16/h8-9H,4-7H2,1-3H3. The Bertz CT molecular complexity index is 440. The molecule has 92 valence electrons. The summed E-state index contributed by atoms with van der Waals surface area (Å²) in [6.45, 7) is 8.03. The maximum Gasteiger partial charge on any atom is 0.302 e. The van der Waals surface area contributed by atoms with Crippen molar-refractivity contribution in [2.75, 3.05) is 24.6 Å². The Morgan fingerprint density at radius 1 is 1.41 bits per heavy atom. The summed E-state index contributed by atoms with van der Waals surface area (Å²) in [6, 6.07) is 4.46. The lowest BCUT2D eigenvalue weighted by Crippen LogP contribution is -2.25. The molecule has 17 heavy (non-hydrogen) atoms. The van der Waals surface area contributed by atoms with E-state index >= 15 is 0 Å². The first-order chi connectivity index (χ1) is 8.08. The second kappa shape index (κ2) is 4.78. The van der Waals surface area contributed by atoms with Crippen molar-refractivity contribution in [1.82, 2.24) is 0 Å². The number of anilines is 1. The Balaban J connectivity index is 2.08. The molecule has 1 heterocycles. The molecule has 0 saturated carbocycles. The van der Waals surface area contributed by atoms with Gasteiger partial charge in [-0.3, -0.25) is 4.79 Å². The number of fused-ring (bicyclic) bond motifs is 1. The van der Waals surface area contributed by atoms with Gasteiger partial charge in [-0.15, -0.1) is 0 Å². The Morgan fingerprint density at radius 2 is 2.18 bits per heavy atom. The SMILES string of the molecule is CC(=O)OCCN1CCc2c(C)cc(C)cc21. The maximum atomic E-state index is 10.7. The molecular weight excluding hydrogens is 214 g/mol. The van der Waals surface area contributed by atoms with Crippen molar-refractivity contribution < 1.29 is 9.53 Å². The highest BCUT2D eigenvalue weighted by molar-refractivity contribution is 5.66. The molecule has 1 aromatic rings. The van der Waals surface area contributed by atoms with E-state index in [-0.39, 0.29) is 5.97 Å². The van der Waals surface area contributed by atoms with Gasteiger partial charge in [0.05, 0.1) is 6.54 Å². The first-order valence-electron chi connectivity index (χ1n) is 6.06. The zero-order valence-electron chi connectivity index (χ0n) is 10.7. The molecule has 0 amide bonds. The lowest BCUT2D eigenvalue weighted by atomic mass is 10.0. The molecule has 1 aliphatic rings. The molecule has 2 rings (SSSR count). The van der Waals surface area contributed by atoms with Crippen LogP contribution in [-0.2, 0) is 16.0 Å². The van der Waals surface area contributed by atoms with Gasteiger partial charge >= 0.3 is 5.97 Å². The molecule has 0 saturated heterocycles. The fourth-order valence-corrected chi connectivity index (χ4v) is 2.48. The van der Waals surface area contributed by atoms with E-state index in [0.717, 1.165) is 19.5 Å². The van der Waals surface area contributed by atoms with Crippen molar-refractivity contribution in [3.63, 3.8) is 0 Å². The van der Waals surface area contributed by atoms with E-state index in [9.17, 15) is 4.79 Å². The predicted octanol–water partition coefficient (Wildman–Crippen LogP) is 2.23. The summed E-state index contributed by atoms with van der Waals surface area (Å²) < 4.78 is 5.00. The van der Waals surface area contributed by atoms with Crippen LogP contribution in [0.3, 0.4) is 0 Å². The third-order valence-corrected chi connectivity index (χ3v) is 3.23. The fourth-order valence-electron chi connectivity index (χ4n) is 2.48. The minimum absolute atomic E-state index is 0.204. The quantitative estimate of drug-likeness (QED) is 0.750. The molecule has 0 spiro atoms. The Morgan fingerprint density at radius 3 is 2.88 bits per heavy atom. The van der Waals surface area contributed by atoms with Gasteiger partial charge in [0, 0.05) is 19.2 Å². The fraction of sp³-hybridized carbons (Fsp3) is 0.500. The number of nitrogens with zero attached hydrogens (tertiary/aromatic N) is 1. The molecule has 0 aliphatic carbocycles. The topological polar surface area (TPSA) is 29.5 Å². The van der Waals surface area contributed by atoms with Crippen LogP contribution in [0, 0.1) is 13.8 Å². The van der Waals surface area contributed by atoms with E-state index in [0.29, 0.717) is 6.61 Å². The number of hydrogen-bond acceptors (Lipinski definition) is 3. The first-order valence-corrected chi connectivity index (χ1v) is 6.06. The number of ether oxygens (including phenoxy) is 1. The Kier molecular flexibility index (Phi) is 3.36. The van der Waals surface area contributed by atoms with E-state index < -0.39 is 0 Å². The minimum atomic E-state index is -0.204. The van der Waals surface area contributed by atoms with Gasteiger partial charge in [0.15, 0.2) is 0 Å². The van der Waals surface area contributed by atoms with Crippen LogP contribution in [0.25, 0.3) is 0 Å². The smallest absolute Gasteiger partial charge is 0.302 e. The van der Waals surface area contributed by atoms with Crippen LogP contribution in [0.4, 0.5) is 5.69 Å². The largest absolute Gasteiger partial charge is 0.464 e. The summed E-state index contributed by atoms with van der Waals surface area (Å²) in [6.07, 6.45) is 1.10. The number of carbonyl (C=O) groups is 1. The summed E-state index contributed by atoms with van der Waals surface area (Å²) in [5, 5.41) is 0. The van der Waals surface area contributed by atoms with Crippen molar-refractivity contribution in [2.24, 2.45) is 0 Å². The van der Waals surface area contributed by atoms with Crippen molar-refractivity contribution in [1.29, 1.82) is 0 Å². The average molecular weight is 233 g/mol. The van der Waals surface area contributed by atoms with E-state index in [1.54, 1.807) is 0 Å². The van der Waals surface area contributed by atoms with Gasteiger partial charge in [-0.2, -0.15) is 0 Å².